The molecule has 2 aliphatic rings. The highest BCUT2D eigenvalue weighted by Crippen LogP contribution is 2.43. The van der Waals surface area contributed by atoms with E-state index in [1.807, 2.05) is 24.3 Å². The summed E-state index contributed by atoms with van der Waals surface area (Å²) in [6.45, 7) is 4.40. The fraction of sp³-hybridized carbons (Fsp3) is 0.517. The molecule has 176 valence electrons. The van der Waals surface area contributed by atoms with Crippen LogP contribution >= 0.6 is 0 Å². The van der Waals surface area contributed by atoms with Crippen molar-refractivity contribution in [2.24, 2.45) is 23.7 Å². The highest BCUT2D eigenvalue weighted by molar-refractivity contribution is 5.95. The van der Waals surface area contributed by atoms with Crippen molar-refractivity contribution in [3.8, 4) is 0 Å². The number of hydrogen-bond donors (Lipinski definition) is 2. The van der Waals surface area contributed by atoms with E-state index in [1.54, 1.807) is 0 Å². The molecule has 2 aliphatic carbocycles. The third-order valence-electron chi connectivity index (χ3n) is 7.23. The van der Waals surface area contributed by atoms with E-state index in [0.29, 0.717) is 11.8 Å². The molecule has 0 heterocycles. The van der Waals surface area contributed by atoms with E-state index in [9.17, 15) is 9.59 Å². The van der Waals surface area contributed by atoms with Crippen LogP contribution in [0.1, 0.15) is 76.3 Å². The second-order valence-electron chi connectivity index (χ2n) is 10.0. The predicted molar refractivity (Wildman–Crippen MR) is 135 cm³/mol. The van der Waals surface area contributed by atoms with Crippen LogP contribution in [0, 0.1) is 23.7 Å². The molecule has 0 bridgehead atoms. The molecule has 4 nitrogen and oxygen atoms in total. The number of carbonyl (C=O) groups excluding carboxylic acids is 2. The summed E-state index contributed by atoms with van der Waals surface area (Å²) in [5.74, 6) is 1.93. The normalized spacial score (nSPS) is 23.1. The van der Waals surface area contributed by atoms with Crippen LogP contribution in [0.25, 0.3) is 0 Å². The predicted octanol–water partition coefficient (Wildman–Crippen LogP) is 6.81. The van der Waals surface area contributed by atoms with Gasteiger partial charge < -0.3 is 10.6 Å². The first-order valence-corrected chi connectivity index (χ1v) is 12.9. The zero-order valence-electron chi connectivity index (χ0n) is 20.1. The van der Waals surface area contributed by atoms with Crippen LogP contribution in [0.15, 0.2) is 48.5 Å². The minimum atomic E-state index is 0.171. The third kappa shape index (κ3) is 6.69. The zero-order valence-corrected chi connectivity index (χ0v) is 20.1. The SMILES string of the molecule is CCCC[C@@H]1C[C@H]1C(=O)Nc1ccc(Cc2ccc(NC(=O)[C@@H]3C[C@@H]3CCCC)cc2)cc1. The van der Waals surface area contributed by atoms with E-state index in [4.69, 9.17) is 0 Å². The summed E-state index contributed by atoms with van der Waals surface area (Å²) in [6.07, 6.45) is 10.1. The van der Waals surface area contributed by atoms with Gasteiger partial charge in [-0.25, -0.2) is 0 Å². The largest absolute Gasteiger partial charge is 0.326 e. The number of unbranched alkanes of at least 4 members (excludes halogenated alkanes) is 2. The van der Waals surface area contributed by atoms with E-state index in [0.717, 1.165) is 30.6 Å². The highest BCUT2D eigenvalue weighted by Gasteiger charge is 2.42. The molecule has 2 aromatic rings. The summed E-state index contributed by atoms with van der Waals surface area (Å²) >= 11 is 0. The lowest BCUT2D eigenvalue weighted by Crippen LogP contribution is -2.14. The second kappa shape index (κ2) is 11.0. The Morgan fingerprint density at radius 2 is 1.09 bits per heavy atom. The quantitative estimate of drug-likeness (QED) is 0.376. The van der Waals surface area contributed by atoms with E-state index < -0.39 is 0 Å². The van der Waals surface area contributed by atoms with Crippen LogP contribution < -0.4 is 10.6 Å². The van der Waals surface area contributed by atoms with E-state index in [2.05, 4.69) is 48.7 Å². The van der Waals surface area contributed by atoms with Crippen molar-refractivity contribution in [1.82, 2.24) is 0 Å². The number of benzene rings is 2. The van der Waals surface area contributed by atoms with Gasteiger partial charge in [-0.1, -0.05) is 63.8 Å². The second-order valence-corrected chi connectivity index (χ2v) is 10.0. The summed E-state index contributed by atoms with van der Waals surface area (Å²) in [6, 6.07) is 16.3. The van der Waals surface area contributed by atoms with Crippen LogP contribution in [0.4, 0.5) is 11.4 Å². The number of hydrogen-bond acceptors (Lipinski definition) is 2. The van der Waals surface area contributed by atoms with Crippen LogP contribution in [-0.2, 0) is 16.0 Å². The Morgan fingerprint density at radius 3 is 1.45 bits per heavy atom. The lowest BCUT2D eigenvalue weighted by atomic mass is 10.0. The summed E-state index contributed by atoms with van der Waals surface area (Å²) in [7, 11) is 0. The van der Waals surface area contributed by atoms with Gasteiger partial charge in [-0.2, -0.15) is 0 Å². The van der Waals surface area contributed by atoms with Gasteiger partial charge in [0.15, 0.2) is 0 Å². The minimum absolute atomic E-state index is 0.171. The first-order chi connectivity index (χ1) is 16.1. The van der Waals surface area contributed by atoms with E-state index in [-0.39, 0.29) is 23.7 Å². The third-order valence-corrected chi connectivity index (χ3v) is 7.23. The van der Waals surface area contributed by atoms with Crippen molar-refractivity contribution in [1.29, 1.82) is 0 Å². The number of nitrogens with one attached hydrogen (secondary N) is 2. The maximum atomic E-state index is 12.4. The number of rotatable bonds is 12. The molecule has 4 rings (SSSR count). The van der Waals surface area contributed by atoms with Crippen molar-refractivity contribution < 1.29 is 9.59 Å². The molecule has 2 fully saturated rings. The molecule has 2 amide bonds. The number of carbonyl (C=O) groups is 2. The fourth-order valence-electron chi connectivity index (χ4n) is 4.83. The van der Waals surface area contributed by atoms with Gasteiger partial charge in [0.2, 0.25) is 11.8 Å². The molecule has 2 N–H and O–H groups in total. The Morgan fingerprint density at radius 1 is 0.697 bits per heavy atom. The van der Waals surface area contributed by atoms with Crippen LogP contribution in [0.5, 0.6) is 0 Å². The average Bonchev–Trinajstić information content (AvgIpc) is 3.74. The average molecular weight is 447 g/mol. The molecule has 0 radical (unpaired) electrons. The fourth-order valence-corrected chi connectivity index (χ4v) is 4.83. The summed E-state index contributed by atoms with van der Waals surface area (Å²) in [4.78, 5) is 24.8. The zero-order chi connectivity index (χ0) is 23.2. The molecule has 0 saturated heterocycles. The molecule has 0 unspecified atom stereocenters. The molecule has 4 heteroatoms. The lowest BCUT2D eigenvalue weighted by molar-refractivity contribution is -0.118. The van der Waals surface area contributed by atoms with Gasteiger partial charge in [0.05, 0.1) is 0 Å². The highest BCUT2D eigenvalue weighted by atomic mass is 16.2. The Kier molecular flexibility index (Phi) is 7.85. The van der Waals surface area contributed by atoms with Gasteiger partial charge in [0, 0.05) is 23.2 Å². The van der Waals surface area contributed by atoms with Gasteiger partial charge in [0.1, 0.15) is 0 Å². The van der Waals surface area contributed by atoms with Crippen molar-refractivity contribution in [3.63, 3.8) is 0 Å². The minimum Gasteiger partial charge on any atom is -0.326 e. The topological polar surface area (TPSA) is 58.2 Å². The van der Waals surface area contributed by atoms with Crippen LogP contribution in [-0.4, -0.2) is 11.8 Å². The van der Waals surface area contributed by atoms with Crippen LogP contribution in [0.2, 0.25) is 0 Å². The molecule has 2 aromatic carbocycles. The first kappa shape index (κ1) is 23.5. The molecular weight excluding hydrogens is 408 g/mol. The smallest absolute Gasteiger partial charge is 0.227 e. The Bertz CT molecular complexity index is 858. The molecule has 2 saturated carbocycles. The standard InChI is InChI=1S/C29H38N2O2/c1-3-5-7-22-18-26(22)28(32)30-24-13-9-20(10-14-24)17-21-11-15-25(16-12-21)31-29(33)27-19-23(27)8-6-4-2/h9-16,22-23,26-27H,3-8,17-19H2,1-2H3,(H,30,32)(H,31,33)/t22-,23+,26-,27-/m1/s1. The maximum Gasteiger partial charge on any atom is 0.227 e. The summed E-state index contributed by atoms with van der Waals surface area (Å²) in [5.41, 5.74) is 4.16. The monoisotopic (exact) mass is 446 g/mol. The first-order valence-electron chi connectivity index (χ1n) is 12.9. The lowest BCUT2D eigenvalue weighted by Gasteiger charge is -2.08. The van der Waals surface area contributed by atoms with Gasteiger partial charge in [-0.05, 0) is 79.3 Å². The maximum absolute atomic E-state index is 12.4. The van der Waals surface area contributed by atoms with Gasteiger partial charge in [-0.3, -0.25) is 9.59 Å². The summed E-state index contributed by atoms with van der Waals surface area (Å²) < 4.78 is 0. The van der Waals surface area contributed by atoms with Crippen molar-refractivity contribution in [2.45, 2.75) is 71.6 Å². The Balaban J connectivity index is 1.22. The van der Waals surface area contributed by atoms with Gasteiger partial charge in [0.25, 0.3) is 0 Å². The summed E-state index contributed by atoms with van der Waals surface area (Å²) in [5, 5.41) is 6.15. The van der Waals surface area contributed by atoms with Gasteiger partial charge in [-0.15, -0.1) is 0 Å². The molecular formula is C29H38N2O2. The number of anilines is 2. The molecule has 0 aliphatic heterocycles. The molecule has 0 spiro atoms. The molecule has 0 aromatic heterocycles. The van der Waals surface area contributed by atoms with Crippen molar-refractivity contribution in [2.75, 3.05) is 10.6 Å². The Labute approximate surface area is 198 Å². The molecule has 33 heavy (non-hydrogen) atoms. The van der Waals surface area contributed by atoms with Crippen LogP contribution in [0.3, 0.4) is 0 Å². The van der Waals surface area contributed by atoms with Crippen molar-refractivity contribution in [3.05, 3.63) is 59.7 Å². The number of amides is 2. The van der Waals surface area contributed by atoms with E-state index in [1.165, 1.54) is 49.7 Å². The van der Waals surface area contributed by atoms with Crippen molar-refractivity contribution >= 4 is 23.2 Å². The Hall–Kier alpha value is -2.62. The van der Waals surface area contributed by atoms with E-state index >= 15 is 0 Å². The van der Waals surface area contributed by atoms with Gasteiger partial charge >= 0.3 is 0 Å². The molecule has 4 atom stereocenters.